The lowest BCUT2D eigenvalue weighted by Crippen LogP contribution is -2.52. The Kier molecular flexibility index (Phi) is 5.23. The van der Waals surface area contributed by atoms with Crippen LogP contribution in [0.5, 0.6) is 0 Å². The van der Waals surface area contributed by atoms with E-state index in [1.807, 2.05) is 24.3 Å². The molecule has 4 nitrogen and oxygen atoms in total. The second kappa shape index (κ2) is 8.00. The van der Waals surface area contributed by atoms with E-state index in [4.69, 9.17) is 16.3 Å². The van der Waals surface area contributed by atoms with Crippen molar-refractivity contribution in [2.24, 2.45) is 5.92 Å². The summed E-state index contributed by atoms with van der Waals surface area (Å²) in [6.07, 6.45) is 5.17. The molecule has 1 amide bonds. The molecule has 152 valence electrons. The molecule has 0 saturated carbocycles. The molecule has 1 aliphatic carbocycles. The van der Waals surface area contributed by atoms with Crippen molar-refractivity contribution in [2.75, 3.05) is 19.6 Å². The lowest BCUT2D eigenvalue weighted by atomic mass is 9.85. The highest BCUT2D eigenvalue weighted by Crippen LogP contribution is 2.34. The van der Waals surface area contributed by atoms with Crippen LogP contribution in [-0.4, -0.2) is 36.7 Å². The fourth-order valence-electron chi connectivity index (χ4n) is 5.14. The van der Waals surface area contributed by atoms with Crippen LogP contribution in [-0.2, 0) is 11.2 Å². The summed E-state index contributed by atoms with van der Waals surface area (Å²) >= 11 is 6.02. The summed E-state index contributed by atoms with van der Waals surface area (Å²) in [6.45, 7) is 3.19. The maximum Gasteiger partial charge on any atom is 0.407 e. The van der Waals surface area contributed by atoms with Crippen molar-refractivity contribution in [1.82, 2.24) is 10.2 Å². The Labute approximate surface area is 177 Å². The number of piperidine rings is 3. The fraction of sp³-hybridized carbons (Fsp3) is 0.458. The second-order valence-corrected chi connectivity index (χ2v) is 9.03. The highest BCUT2D eigenvalue weighted by atomic mass is 35.5. The van der Waals surface area contributed by atoms with Crippen molar-refractivity contribution in [3.8, 4) is 11.1 Å². The van der Waals surface area contributed by atoms with E-state index in [1.165, 1.54) is 16.7 Å². The number of carbonyl (C=O) groups excluding carboxylic acids is 1. The van der Waals surface area contributed by atoms with E-state index in [9.17, 15) is 4.79 Å². The van der Waals surface area contributed by atoms with Gasteiger partial charge in [0.05, 0.1) is 6.04 Å². The van der Waals surface area contributed by atoms with Crippen LogP contribution >= 0.6 is 11.6 Å². The molecular formula is C24H27ClN2O2. The molecule has 0 radical (unpaired) electrons. The normalized spacial score (nSPS) is 27.9. The Bertz CT molecular complexity index is 890. The van der Waals surface area contributed by atoms with Gasteiger partial charge >= 0.3 is 6.09 Å². The average Bonchev–Trinajstić information content (AvgIpc) is 2.75. The zero-order valence-electron chi connectivity index (χ0n) is 16.6. The molecule has 3 heterocycles. The first-order valence-corrected chi connectivity index (χ1v) is 11.1. The summed E-state index contributed by atoms with van der Waals surface area (Å²) < 4.78 is 5.84. The SMILES string of the molecule is O=C(NC1CCCc2cc(-c3ccc(Cl)cc3)ccc21)O[C@H]1CN2CCC1CC2. The summed E-state index contributed by atoms with van der Waals surface area (Å²) in [6, 6.07) is 14.5. The molecule has 4 aliphatic rings. The third-order valence-corrected chi connectivity index (χ3v) is 7.03. The van der Waals surface area contributed by atoms with Gasteiger partial charge in [0.15, 0.2) is 0 Å². The Morgan fingerprint density at radius 3 is 2.52 bits per heavy atom. The molecule has 2 atom stereocenters. The van der Waals surface area contributed by atoms with Crippen molar-refractivity contribution < 1.29 is 9.53 Å². The van der Waals surface area contributed by atoms with E-state index >= 15 is 0 Å². The quantitative estimate of drug-likeness (QED) is 0.755. The number of hydrogen-bond donors (Lipinski definition) is 1. The smallest absolute Gasteiger partial charge is 0.407 e. The van der Waals surface area contributed by atoms with Crippen LogP contribution in [0.15, 0.2) is 42.5 Å². The van der Waals surface area contributed by atoms with Crippen LogP contribution in [0.1, 0.15) is 42.9 Å². The van der Waals surface area contributed by atoms with Crippen LogP contribution in [0.2, 0.25) is 5.02 Å². The van der Waals surface area contributed by atoms with Gasteiger partial charge in [-0.1, -0.05) is 41.9 Å². The third kappa shape index (κ3) is 4.01. The number of aryl methyl sites for hydroxylation is 1. The van der Waals surface area contributed by atoms with Gasteiger partial charge in [-0.3, -0.25) is 4.90 Å². The van der Waals surface area contributed by atoms with Crippen LogP contribution in [0, 0.1) is 5.92 Å². The first-order chi connectivity index (χ1) is 14.2. The summed E-state index contributed by atoms with van der Waals surface area (Å²) in [4.78, 5) is 15.0. The molecule has 1 N–H and O–H groups in total. The largest absolute Gasteiger partial charge is 0.445 e. The predicted molar refractivity (Wildman–Crippen MR) is 115 cm³/mol. The van der Waals surface area contributed by atoms with Gasteiger partial charge in [0.2, 0.25) is 0 Å². The van der Waals surface area contributed by atoms with Gasteiger partial charge in [-0.25, -0.2) is 4.79 Å². The minimum absolute atomic E-state index is 0.0339. The van der Waals surface area contributed by atoms with Gasteiger partial charge in [-0.15, -0.1) is 0 Å². The van der Waals surface area contributed by atoms with Crippen LogP contribution in [0.4, 0.5) is 4.79 Å². The maximum atomic E-state index is 12.6. The molecule has 5 heteroatoms. The highest BCUT2D eigenvalue weighted by molar-refractivity contribution is 6.30. The van der Waals surface area contributed by atoms with Gasteiger partial charge < -0.3 is 10.1 Å². The highest BCUT2D eigenvalue weighted by Gasteiger charge is 2.37. The molecule has 2 aromatic carbocycles. The number of ether oxygens (including phenoxy) is 1. The summed E-state index contributed by atoms with van der Waals surface area (Å²) in [5.41, 5.74) is 4.89. The molecule has 2 bridgehead atoms. The number of amides is 1. The number of benzene rings is 2. The van der Waals surface area contributed by atoms with E-state index in [-0.39, 0.29) is 18.2 Å². The molecule has 0 spiro atoms. The molecule has 3 aliphatic heterocycles. The van der Waals surface area contributed by atoms with Gasteiger partial charge in [0, 0.05) is 11.6 Å². The lowest BCUT2D eigenvalue weighted by Gasteiger charge is -2.44. The standard InChI is InChI=1S/C24H27ClN2O2/c25-20-7-4-16(5-8-20)18-6-9-21-19(14-18)2-1-3-22(21)26-24(28)29-23-15-27-12-10-17(23)11-13-27/h4-9,14,17,22-23H,1-3,10-13,15H2,(H,26,28)/t22?,23-/m0/s1. The van der Waals surface area contributed by atoms with Crippen molar-refractivity contribution in [3.05, 3.63) is 58.6 Å². The van der Waals surface area contributed by atoms with Crippen molar-refractivity contribution >= 4 is 17.7 Å². The second-order valence-electron chi connectivity index (χ2n) is 8.59. The van der Waals surface area contributed by atoms with E-state index < -0.39 is 0 Å². The van der Waals surface area contributed by atoms with E-state index in [0.29, 0.717) is 5.92 Å². The number of halogens is 1. The minimum Gasteiger partial charge on any atom is -0.445 e. The first-order valence-electron chi connectivity index (χ1n) is 10.7. The van der Waals surface area contributed by atoms with Crippen LogP contribution < -0.4 is 5.32 Å². The number of hydrogen-bond acceptors (Lipinski definition) is 3. The van der Waals surface area contributed by atoms with E-state index in [2.05, 4.69) is 28.4 Å². The summed E-state index contributed by atoms with van der Waals surface area (Å²) in [5.74, 6) is 0.534. The zero-order chi connectivity index (χ0) is 19.8. The Balaban J connectivity index is 1.28. The molecule has 29 heavy (non-hydrogen) atoms. The van der Waals surface area contributed by atoms with E-state index in [1.54, 1.807) is 0 Å². The Hall–Kier alpha value is -2.04. The number of fused-ring (bicyclic) bond motifs is 4. The minimum atomic E-state index is -0.261. The number of nitrogens with zero attached hydrogens (tertiary/aromatic N) is 1. The topological polar surface area (TPSA) is 41.6 Å². The molecule has 3 saturated heterocycles. The van der Waals surface area contributed by atoms with Gasteiger partial charge in [0.1, 0.15) is 6.10 Å². The Morgan fingerprint density at radius 2 is 1.79 bits per heavy atom. The molecule has 1 unspecified atom stereocenters. The molecular weight excluding hydrogens is 384 g/mol. The van der Waals surface area contributed by atoms with Crippen molar-refractivity contribution in [2.45, 2.75) is 44.2 Å². The number of nitrogens with one attached hydrogen (secondary N) is 1. The monoisotopic (exact) mass is 410 g/mol. The van der Waals surface area contributed by atoms with Gasteiger partial charge in [-0.2, -0.15) is 0 Å². The summed E-state index contributed by atoms with van der Waals surface area (Å²) in [7, 11) is 0. The van der Waals surface area contributed by atoms with Crippen molar-refractivity contribution in [1.29, 1.82) is 0 Å². The number of alkyl carbamates (subject to hydrolysis) is 1. The molecule has 0 aromatic heterocycles. The van der Waals surface area contributed by atoms with E-state index in [0.717, 1.165) is 62.3 Å². The first kappa shape index (κ1) is 19.0. The molecule has 6 rings (SSSR count). The van der Waals surface area contributed by atoms with Gasteiger partial charge in [-0.05, 0) is 85.5 Å². The lowest BCUT2D eigenvalue weighted by molar-refractivity contribution is -0.0340. The Morgan fingerprint density at radius 1 is 1.03 bits per heavy atom. The molecule has 3 fully saturated rings. The van der Waals surface area contributed by atoms with Crippen LogP contribution in [0.3, 0.4) is 0 Å². The molecule has 2 aromatic rings. The number of rotatable bonds is 3. The predicted octanol–water partition coefficient (Wildman–Crippen LogP) is 5.20. The summed E-state index contributed by atoms with van der Waals surface area (Å²) in [5, 5.41) is 3.90. The fourth-order valence-corrected chi connectivity index (χ4v) is 5.27. The third-order valence-electron chi connectivity index (χ3n) is 6.78. The average molecular weight is 411 g/mol. The van der Waals surface area contributed by atoms with Crippen LogP contribution in [0.25, 0.3) is 11.1 Å². The number of carbonyl (C=O) groups is 1. The van der Waals surface area contributed by atoms with Crippen molar-refractivity contribution in [3.63, 3.8) is 0 Å². The zero-order valence-corrected chi connectivity index (χ0v) is 17.3. The van der Waals surface area contributed by atoms with Gasteiger partial charge in [0.25, 0.3) is 0 Å². The maximum absolute atomic E-state index is 12.6.